The van der Waals surface area contributed by atoms with Crippen LogP contribution in [-0.4, -0.2) is 6.29 Å². The van der Waals surface area contributed by atoms with Gasteiger partial charge in [0.25, 0.3) is 0 Å². The van der Waals surface area contributed by atoms with Crippen molar-refractivity contribution in [3.63, 3.8) is 0 Å². The molecule has 0 heterocycles. The van der Waals surface area contributed by atoms with E-state index in [1.165, 1.54) is 25.7 Å². The molecule has 0 aromatic carbocycles. The summed E-state index contributed by atoms with van der Waals surface area (Å²) in [5.74, 6) is 1.58. The molecule has 2 aliphatic rings. The second-order valence-corrected chi connectivity index (χ2v) is 3.77. The largest absolute Gasteiger partial charge is 0.298 e. The summed E-state index contributed by atoms with van der Waals surface area (Å²) < 4.78 is 0. The first-order valence-corrected chi connectivity index (χ1v) is 4.56. The van der Waals surface area contributed by atoms with Gasteiger partial charge in [0.2, 0.25) is 0 Å². The van der Waals surface area contributed by atoms with Crippen LogP contribution in [0.15, 0.2) is 11.6 Å². The van der Waals surface area contributed by atoms with E-state index in [1.807, 2.05) is 0 Å². The maximum atomic E-state index is 10.5. The van der Waals surface area contributed by atoms with Crippen molar-refractivity contribution in [3.8, 4) is 0 Å². The van der Waals surface area contributed by atoms with Crippen LogP contribution in [0.2, 0.25) is 0 Å². The Hall–Kier alpha value is -0.590. The van der Waals surface area contributed by atoms with Crippen LogP contribution in [0.3, 0.4) is 0 Å². The molecule has 1 heteroatoms. The molecule has 0 bridgehead atoms. The summed E-state index contributed by atoms with van der Waals surface area (Å²) in [7, 11) is 0. The molecule has 11 heavy (non-hydrogen) atoms. The highest BCUT2D eigenvalue weighted by atomic mass is 16.1. The van der Waals surface area contributed by atoms with E-state index < -0.39 is 0 Å². The number of hydrogen-bond donors (Lipinski definition) is 0. The average molecular weight is 150 g/mol. The molecule has 0 aliphatic heterocycles. The average Bonchev–Trinajstić information content (AvgIpc) is 2.46. The number of rotatable bonds is 1. The molecule has 0 N–H and O–H groups in total. The lowest BCUT2D eigenvalue weighted by molar-refractivity contribution is -0.105. The number of allylic oxidation sites excluding steroid dienone is 2. The Morgan fingerprint density at radius 3 is 2.91 bits per heavy atom. The summed E-state index contributed by atoms with van der Waals surface area (Å²) in [4.78, 5) is 10.5. The molecule has 2 atom stereocenters. The summed E-state index contributed by atoms with van der Waals surface area (Å²) >= 11 is 0. The van der Waals surface area contributed by atoms with Crippen LogP contribution in [0.25, 0.3) is 0 Å². The summed E-state index contributed by atoms with van der Waals surface area (Å²) in [6, 6.07) is 0. The SMILES string of the molecule is O=CC1=C[C@H]2CCCC[C@H]2C1. The Bertz CT molecular complexity index is 193. The van der Waals surface area contributed by atoms with Gasteiger partial charge < -0.3 is 0 Å². The van der Waals surface area contributed by atoms with Crippen LogP contribution in [0.1, 0.15) is 32.1 Å². The third-order valence-electron chi connectivity index (χ3n) is 3.05. The normalized spacial score (nSPS) is 36.2. The Labute approximate surface area is 67.5 Å². The number of carbonyl (C=O) groups is 1. The number of carbonyl (C=O) groups excluding carboxylic acids is 1. The smallest absolute Gasteiger partial charge is 0.145 e. The number of hydrogen-bond acceptors (Lipinski definition) is 1. The first kappa shape index (κ1) is 7.08. The molecule has 2 aliphatic carbocycles. The fourth-order valence-electron chi connectivity index (χ4n) is 2.44. The zero-order chi connectivity index (χ0) is 7.68. The van der Waals surface area contributed by atoms with E-state index in [0.717, 1.165) is 30.1 Å². The molecule has 2 rings (SSSR count). The molecule has 0 aromatic rings. The lowest BCUT2D eigenvalue weighted by Gasteiger charge is -2.23. The molecule has 0 radical (unpaired) electrons. The van der Waals surface area contributed by atoms with Gasteiger partial charge in [-0.1, -0.05) is 18.9 Å². The van der Waals surface area contributed by atoms with E-state index in [0.29, 0.717) is 0 Å². The van der Waals surface area contributed by atoms with E-state index in [4.69, 9.17) is 0 Å². The molecule has 0 amide bonds. The van der Waals surface area contributed by atoms with Gasteiger partial charge in [-0.2, -0.15) is 0 Å². The highest BCUT2D eigenvalue weighted by Crippen LogP contribution is 2.40. The van der Waals surface area contributed by atoms with E-state index >= 15 is 0 Å². The van der Waals surface area contributed by atoms with Gasteiger partial charge in [0.15, 0.2) is 0 Å². The predicted octanol–water partition coefficient (Wildman–Crippen LogP) is 2.32. The van der Waals surface area contributed by atoms with Gasteiger partial charge in [0.05, 0.1) is 0 Å². The van der Waals surface area contributed by atoms with E-state index in [1.54, 1.807) is 0 Å². The molecule has 1 fully saturated rings. The van der Waals surface area contributed by atoms with Crippen LogP contribution in [-0.2, 0) is 4.79 Å². The van der Waals surface area contributed by atoms with Crippen LogP contribution in [0.5, 0.6) is 0 Å². The van der Waals surface area contributed by atoms with Crippen LogP contribution in [0.4, 0.5) is 0 Å². The molecule has 0 spiro atoms. The fraction of sp³-hybridized carbons (Fsp3) is 0.700. The van der Waals surface area contributed by atoms with Crippen LogP contribution >= 0.6 is 0 Å². The number of aldehydes is 1. The predicted molar refractivity (Wildman–Crippen MR) is 44.2 cm³/mol. The Kier molecular flexibility index (Phi) is 1.80. The third kappa shape index (κ3) is 1.24. The second kappa shape index (κ2) is 2.80. The first-order valence-electron chi connectivity index (χ1n) is 4.56. The number of fused-ring (bicyclic) bond motifs is 1. The van der Waals surface area contributed by atoms with Crippen molar-refractivity contribution in [1.29, 1.82) is 0 Å². The van der Waals surface area contributed by atoms with Crippen LogP contribution in [0, 0.1) is 11.8 Å². The highest BCUT2D eigenvalue weighted by Gasteiger charge is 2.29. The topological polar surface area (TPSA) is 17.1 Å². The summed E-state index contributed by atoms with van der Waals surface area (Å²) in [6.45, 7) is 0. The van der Waals surface area contributed by atoms with E-state index in [9.17, 15) is 4.79 Å². The van der Waals surface area contributed by atoms with Crippen LogP contribution < -0.4 is 0 Å². The fourth-order valence-corrected chi connectivity index (χ4v) is 2.44. The van der Waals surface area contributed by atoms with Crippen molar-refractivity contribution < 1.29 is 4.79 Å². The maximum Gasteiger partial charge on any atom is 0.145 e. The monoisotopic (exact) mass is 150 g/mol. The molecule has 0 aromatic heterocycles. The molecule has 0 saturated heterocycles. The molecular weight excluding hydrogens is 136 g/mol. The second-order valence-electron chi connectivity index (χ2n) is 3.77. The zero-order valence-corrected chi connectivity index (χ0v) is 6.75. The minimum Gasteiger partial charge on any atom is -0.298 e. The highest BCUT2D eigenvalue weighted by molar-refractivity contribution is 5.74. The minimum atomic E-state index is 0.754. The van der Waals surface area contributed by atoms with Gasteiger partial charge in [0, 0.05) is 0 Å². The molecule has 0 unspecified atom stereocenters. The summed E-state index contributed by atoms with van der Waals surface area (Å²) in [5, 5.41) is 0. The summed E-state index contributed by atoms with van der Waals surface area (Å²) in [6.07, 6.45) is 9.72. The quantitative estimate of drug-likeness (QED) is 0.524. The lowest BCUT2D eigenvalue weighted by Crippen LogP contribution is -2.12. The van der Waals surface area contributed by atoms with Gasteiger partial charge in [-0.3, -0.25) is 4.79 Å². The van der Waals surface area contributed by atoms with Gasteiger partial charge in [-0.25, -0.2) is 0 Å². The van der Waals surface area contributed by atoms with Gasteiger partial charge in [-0.05, 0) is 36.7 Å². The zero-order valence-electron chi connectivity index (χ0n) is 6.75. The molecule has 1 saturated carbocycles. The van der Waals surface area contributed by atoms with Gasteiger partial charge in [-0.15, -0.1) is 0 Å². The summed E-state index contributed by atoms with van der Waals surface area (Å²) in [5.41, 5.74) is 1.06. The van der Waals surface area contributed by atoms with E-state index in [2.05, 4.69) is 6.08 Å². The van der Waals surface area contributed by atoms with Gasteiger partial charge in [0.1, 0.15) is 6.29 Å². The molecular formula is C10H14O. The Morgan fingerprint density at radius 2 is 2.18 bits per heavy atom. The molecule has 1 nitrogen and oxygen atoms in total. The Balaban J connectivity index is 2.07. The molecule has 60 valence electrons. The third-order valence-corrected chi connectivity index (χ3v) is 3.05. The van der Waals surface area contributed by atoms with Crippen molar-refractivity contribution >= 4 is 6.29 Å². The van der Waals surface area contributed by atoms with Gasteiger partial charge >= 0.3 is 0 Å². The minimum absolute atomic E-state index is 0.754. The van der Waals surface area contributed by atoms with Crippen molar-refractivity contribution in [2.75, 3.05) is 0 Å². The van der Waals surface area contributed by atoms with Crippen molar-refractivity contribution in [2.24, 2.45) is 11.8 Å². The maximum absolute atomic E-state index is 10.5. The van der Waals surface area contributed by atoms with E-state index in [-0.39, 0.29) is 0 Å². The van der Waals surface area contributed by atoms with Crippen molar-refractivity contribution in [2.45, 2.75) is 32.1 Å². The van der Waals surface area contributed by atoms with Crippen molar-refractivity contribution in [3.05, 3.63) is 11.6 Å². The van der Waals surface area contributed by atoms with Crippen molar-refractivity contribution in [1.82, 2.24) is 0 Å². The lowest BCUT2D eigenvalue weighted by atomic mass is 9.81. The Morgan fingerprint density at radius 1 is 1.36 bits per heavy atom. The standard InChI is InChI=1S/C10H14O/c11-7-8-5-9-3-1-2-4-10(9)6-8/h5,7,9-10H,1-4,6H2/t9-,10+/m1/s1. The first-order chi connectivity index (χ1) is 5.40.